The lowest BCUT2D eigenvalue weighted by atomic mass is 10.1. The molecule has 0 radical (unpaired) electrons. The number of methoxy groups -OCH3 is 1. The average molecular weight is 483 g/mol. The van der Waals surface area contributed by atoms with Crippen molar-refractivity contribution in [3.05, 3.63) is 81.3 Å². The Labute approximate surface area is 191 Å². The normalized spacial score (nSPS) is 10.5. The molecule has 0 spiro atoms. The van der Waals surface area contributed by atoms with Gasteiger partial charge in [0.25, 0.3) is 5.91 Å². The summed E-state index contributed by atoms with van der Waals surface area (Å²) in [5.41, 5.74) is 6.23. The van der Waals surface area contributed by atoms with Crippen LogP contribution in [0.4, 0.5) is 11.4 Å². The van der Waals surface area contributed by atoms with Crippen LogP contribution < -0.4 is 20.1 Å². The molecular formula is C25H27BrN2O3. The minimum absolute atomic E-state index is 0.128. The number of rotatable bonds is 8. The highest BCUT2D eigenvalue weighted by molar-refractivity contribution is 9.10. The standard InChI is InChI=1S/C25H27BrN2O3/c1-16-5-8-19(9-6-16)28-24(29)15-31-25-21(22(26)11-12-23(25)30-4)14-27-20-10-7-17(2)18(3)13-20/h5-13,27H,14-15H2,1-4H3,(H,28,29). The highest BCUT2D eigenvalue weighted by atomic mass is 79.9. The van der Waals surface area contributed by atoms with Gasteiger partial charge < -0.3 is 20.1 Å². The second kappa shape index (κ2) is 10.4. The summed E-state index contributed by atoms with van der Waals surface area (Å²) < 4.78 is 12.3. The molecule has 3 aromatic carbocycles. The van der Waals surface area contributed by atoms with E-state index in [4.69, 9.17) is 9.47 Å². The first-order valence-electron chi connectivity index (χ1n) is 10.0. The zero-order valence-electron chi connectivity index (χ0n) is 18.2. The second-order valence-corrected chi connectivity index (χ2v) is 8.27. The van der Waals surface area contributed by atoms with Gasteiger partial charge in [-0.15, -0.1) is 0 Å². The Kier molecular flexibility index (Phi) is 7.58. The topological polar surface area (TPSA) is 59.6 Å². The second-order valence-electron chi connectivity index (χ2n) is 7.41. The van der Waals surface area contributed by atoms with E-state index in [-0.39, 0.29) is 12.5 Å². The summed E-state index contributed by atoms with van der Waals surface area (Å²) >= 11 is 3.60. The van der Waals surface area contributed by atoms with E-state index in [1.54, 1.807) is 7.11 Å². The van der Waals surface area contributed by atoms with Gasteiger partial charge in [-0.05, 0) is 68.3 Å². The fourth-order valence-corrected chi connectivity index (χ4v) is 3.53. The van der Waals surface area contributed by atoms with E-state index in [9.17, 15) is 4.79 Å². The maximum atomic E-state index is 12.4. The van der Waals surface area contributed by atoms with Gasteiger partial charge in [-0.25, -0.2) is 0 Å². The molecule has 0 aliphatic rings. The molecule has 31 heavy (non-hydrogen) atoms. The quantitative estimate of drug-likeness (QED) is 0.412. The fourth-order valence-electron chi connectivity index (χ4n) is 3.08. The van der Waals surface area contributed by atoms with Crippen LogP contribution in [-0.4, -0.2) is 19.6 Å². The average Bonchev–Trinajstić information content (AvgIpc) is 2.75. The van der Waals surface area contributed by atoms with Gasteiger partial charge in [-0.1, -0.05) is 39.7 Å². The van der Waals surface area contributed by atoms with E-state index < -0.39 is 0 Å². The van der Waals surface area contributed by atoms with E-state index >= 15 is 0 Å². The van der Waals surface area contributed by atoms with Crippen molar-refractivity contribution in [3.8, 4) is 11.5 Å². The Balaban J connectivity index is 1.73. The van der Waals surface area contributed by atoms with E-state index in [0.717, 1.165) is 27.0 Å². The first kappa shape index (κ1) is 22.7. The van der Waals surface area contributed by atoms with Crippen molar-refractivity contribution in [2.75, 3.05) is 24.4 Å². The Morgan fingerprint density at radius 1 is 0.935 bits per heavy atom. The molecule has 5 nitrogen and oxygen atoms in total. The number of nitrogens with one attached hydrogen (secondary N) is 2. The van der Waals surface area contributed by atoms with Crippen LogP contribution in [0.2, 0.25) is 0 Å². The van der Waals surface area contributed by atoms with Gasteiger partial charge >= 0.3 is 0 Å². The lowest BCUT2D eigenvalue weighted by Crippen LogP contribution is -2.21. The number of hydrogen-bond donors (Lipinski definition) is 2. The van der Waals surface area contributed by atoms with Gasteiger partial charge in [0.1, 0.15) is 0 Å². The SMILES string of the molecule is COc1ccc(Br)c(CNc2ccc(C)c(C)c2)c1OCC(=O)Nc1ccc(C)cc1. The Morgan fingerprint density at radius 3 is 2.32 bits per heavy atom. The maximum Gasteiger partial charge on any atom is 0.262 e. The maximum absolute atomic E-state index is 12.4. The molecule has 0 aliphatic carbocycles. The Morgan fingerprint density at radius 2 is 1.65 bits per heavy atom. The molecule has 1 amide bonds. The van der Waals surface area contributed by atoms with Crippen LogP contribution in [0.1, 0.15) is 22.3 Å². The van der Waals surface area contributed by atoms with Gasteiger partial charge in [0.15, 0.2) is 18.1 Å². The molecule has 0 unspecified atom stereocenters. The summed E-state index contributed by atoms with van der Waals surface area (Å²) in [5, 5.41) is 6.28. The zero-order valence-corrected chi connectivity index (χ0v) is 19.8. The number of ether oxygens (including phenoxy) is 2. The number of benzene rings is 3. The smallest absolute Gasteiger partial charge is 0.262 e. The highest BCUT2D eigenvalue weighted by Gasteiger charge is 2.16. The van der Waals surface area contributed by atoms with Gasteiger partial charge in [0.05, 0.1) is 7.11 Å². The fraction of sp³-hybridized carbons (Fsp3) is 0.240. The number of anilines is 2. The minimum Gasteiger partial charge on any atom is -0.493 e. The summed E-state index contributed by atoms with van der Waals surface area (Å²) in [5.74, 6) is 0.870. The predicted octanol–water partition coefficient (Wildman–Crippen LogP) is 6.01. The van der Waals surface area contributed by atoms with Crippen molar-refractivity contribution in [1.29, 1.82) is 0 Å². The molecule has 0 bridgehead atoms. The first-order valence-corrected chi connectivity index (χ1v) is 10.8. The molecule has 0 fully saturated rings. The molecule has 0 saturated heterocycles. The molecule has 0 aliphatic heterocycles. The van der Waals surface area contributed by atoms with Crippen LogP contribution in [0.25, 0.3) is 0 Å². The van der Waals surface area contributed by atoms with Crippen molar-refractivity contribution in [3.63, 3.8) is 0 Å². The molecule has 0 atom stereocenters. The molecule has 3 aromatic rings. The van der Waals surface area contributed by atoms with E-state index in [1.165, 1.54) is 11.1 Å². The third-order valence-corrected chi connectivity index (χ3v) is 5.79. The summed E-state index contributed by atoms with van der Waals surface area (Å²) in [4.78, 5) is 12.4. The minimum atomic E-state index is -0.237. The largest absolute Gasteiger partial charge is 0.493 e. The van der Waals surface area contributed by atoms with Gasteiger partial charge in [-0.3, -0.25) is 4.79 Å². The van der Waals surface area contributed by atoms with Crippen molar-refractivity contribution in [2.24, 2.45) is 0 Å². The van der Waals surface area contributed by atoms with Gasteiger partial charge in [-0.2, -0.15) is 0 Å². The zero-order chi connectivity index (χ0) is 22.4. The van der Waals surface area contributed by atoms with Crippen LogP contribution in [0.5, 0.6) is 11.5 Å². The van der Waals surface area contributed by atoms with E-state index in [1.807, 2.05) is 49.4 Å². The van der Waals surface area contributed by atoms with Crippen molar-refractivity contribution >= 4 is 33.2 Å². The third kappa shape index (κ3) is 6.01. The summed E-state index contributed by atoms with van der Waals surface area (Å²) in [6.07, 6.45) is 0. The van der Waals surface area contributed by atoms with Crippen LogP contribution in [0.3, 0.4) is 0 Å². The molecule has 162 valence electrons. The van der Waals surface area contributed by atoms with Gasteiger partial charge in [0.2, 0.25) is 0 Å². The Hall–Kier alpha value is -2.99. The molecule has 2 N–H and O–H groups in total. The molecule has 3 rings (SSSR count). The van der Waals surface area contributed by atoms with Crippen LogP contribution in [0, 0.1) is 20.8 Å². The van der Waals surface area contributed by atoms with Crippen molar-refractivity contribution < 1.29 is 14.3 Å². The van der Waals surface area contributed by atoms with Gasteiger partial charge in [0, 0.05) is 28.0 Å². The van der Waals surface area contributed by atoms with E-state index in [0.29, 0.717) is 18.0 Å². The van der Waals surface area contributed by atoms with Crippen molar-refractivity contribution in [1.82, 2.24) is 0 Å². The number of amides is 1. The van der Waals surface area contributed by atoms with Crippen LogP contribution >= 0.6 is 15.9 Å². The molecule has 0 saturated carbocycles. The molecule has 6 heteroatoms. The lowest BCUT2D eigenvalue weighted by Gasteiger charge is -2.18. The summed E-state index contributed by atoms with van der Waals surface area (Å²) in [6.45, 7) is 6.56. The Bertz CT molecular complexity index is 1070. The first-order chi connectivity index (χ1) is 14.9. The number of aryl methyl sites for hydroxylation is 3. The summed E-state index contributed by atoms with van der Waals surface area (Å²) in [6, 6.07) is 17.6. The number of hydrogen-bond acceptors (Lipinski definition) is 4. The summed E-state index contributed by atoms with van der Waals surface area (Å²) in [7, 11) is 1.59. The van der Waals surface area contributed by atoms with Crippen LogP contribution in [-0.2, 0) is 11.3 Å². The lowest BCUT2D eigenvalue weighted by molar-refractivity contribution is -0.118. The number of halogens is 1. The predicted molar refractivity (Wildman–Crippen MR) is 129 cm³/mol. The number of carbonyl (C=O) groups excluding carboxylic acids is 1. The molecule has 0 heterocycles. The van der Waals surface area contributed by atoms with E-state index in [2.05, 4.69) is 52.5 Å². The molecule has 0 aromatic heterocycles. The van der Waals surface area contributed by atoms with Crippen LogP contribution in [0.15, 0.2) is 59.1 Å². The monoisotopic (exact) mass is 482 g/mol. The highest BCUT2D eigenvalue weighted by Crippen LogP contribution is 2.37. The number of carbonyl (C=O) groups is 1. The third-order valence-electron chi connectivity index (χ3n) is 5.05. The van der Waals surface area contributed by atoms with Crippen molar-refractivity contribution in [2.45, 2.75) is 27.3 Å². The molecular weight excluding hydrogens is 456 g/mol.